The second-order valence-corrected chi connectivity index (χ2v) is 6.87. The molecule has 0 rings (SSSR count). The third-order valence-electron chi connectivity index (χ3n) is 3.43. The molecule has 19 heavy (non-hydrogen) atoms. The van der Waals surface area contributed by atoms with Crippen LogP contribution in [-0.4, -0.2) is 23.6 Å². The van der Waals surface area contributed by atoms with Crippen molar-refractivity contribution in [3.8, 4) is 0 Å². The maximum absolute atomic E-state index is 2.62. The van der Waals surface area contributed by atoms with Crippen LogP contribution in [0.4, 0.5) is 0 Å². The van der Waals surface area contributed by atoms with Crippen LogP contribution in [0.1, 0.15) is 72.6 Å². The van der Waals surface area contributed by atoms with Crippen molar-refractivity contribution in [1.82, 2.24) is 0 Å². The van der Waals surface area contributed by atoms with E-state index in [-0.39, 0.29) is 48.0 Å². The molecule has 0 heterocycles. The van der Waals surface area contributed by atoms with E-state index in [2.05, 4.69) is 33.0 Å². The smallest absolute Gasteiger partial charge is 0.106 e. The quantitative estimate of drug-likeness (QED) is 0.123. The molecule has 0 saturated heterocycles. The molecule has 4 heteroatoms. The van der Waals surface area contributed by atoms with Crippen LogP contribution >= 0.6 is 0 Å². The van der Waals surface area contributed by atoms with E-state index >= 15 is 0 Å². The van der Waals surface area contributed by atoms with Crippen LogP contribution in [0.3, 0.4) is 0 Å². The van der Waals surface area contributed by atoms with Gasteiger partial charge >= 0.3 is 0 Å². The van der Waals surface area contributed by atoms with Gasteiger partial charge in [0, 0.05) is 19.3 Å². The van der Waals surface area contributed by atoms with Gasteiger partial charge < -0.3 is 53.3 Å². The Morgan fingerprint density at radius 3 is 1.89 bits per heavy atom. The van der Waals surface area contributed by atoms with Crippen molar-refractivity contribution in [2.45, 2.75) is 78.2 Å². The lowest BCUT2D eigenvalue weighted by Gasteiger charge is -2.26. The van der Waals surface area contributed by atoms with Crippen molar-refractivity contribution in [2.24, 2.45) is 0 Å². The van der Waals surface area contributed by atoms with Crippen LogP contribution in [0, 0.1) is 0 Å². The van der Waals surface area contributed by atoms with Crippen molar-refractivity contribution < 1.29 is 53.3 Å². The van der Waals surface area contributed by atoms with E-state index < -0.39 is 0 Å². The molecule has 0 amide bonds. The van der Waals surface area contributed by atoms with Gasteiger partial charge in [0.05, 0.1) is 12.1 Å². The van der Waals surface area contributed by atoms with Crippen molar-refractivity contribution in [3.63, 3.8) is 0 Å². The Morgan fingerprint density at radius 2 is 1.42 bits per heavy atom. The highest BCUT2D eigenvalue weighted by molar-refractivity contribution is 7.78. The van der Waals surface area contributed by atoms with Crippen LogP contribution in [0.5, 0.6) is 0 Å². The van der Waals surface area contributed by atoms with Crippen LogP contribution < -0.4 is 53.3 Å². The summed E-state index contributed by atoms with van der Waals surface area (Å²) < 4.78 is 0. The third-order valence-corrected chi connectivity index (χ3v) is 4.83. The number of unbranched alkanes of at least 4 members (excludes halogenated alkanes) is 1. The average Bonchev–Trinajstić information content (AvgIpc) is 2.28. The first-order valence-electron chi connectivity index (χ1n) is 7.66. The summed E-state index contributed by atoms with van der Waals surface area (Å²) in [5.74, 6) is 2.81. The van der Waals surface area contributed by atoms with E-state index in [9.17, 15) is 0 Å². The lowest BCUT2D eigenvalue weighted by molar-refractivity contribution is -0.726. The highest BCUT2D eigenvalue weighted by Crippen LogP contribution is 2.13. The molecule has 0 aromatic rings. The number of nitrogens with two attached hydrogens (primary N) is 1. The van der Waals surface area contributed by atoms with E-state index in [0.29, 0.717) is 5.54 Å². The topological polar surface area (TPSA) is 16.6 Å². The van der Waals surface area contributed by atoms with Crippen molar-refractivity contribution in [3.05, 3.63) is 0 Å². The highest BCUT2D eigenvalue weighted by Gasteiger charge is 2.24. The number of halogens is 2. The zero-order valence-electron chi connectivity index (χ0n) is 13.4. The molecule has 0 atom stereocenters. The molecular weight excluding hydrogens is 480 g/mol. The van der Waals surface area contributed by atoms with Crippen molar-refractivity contribution >= 4 is 11.8 Å². The first-order valence-corrected chi connectivity index (χ1v) is 8.92. The van der Waals surface area contributed by atoms with Gasteiger partial charge in [-0.05, 0) is 31.5 Å². The lowest BCUT2D eigenvalue weighted by Crippen LogP contribution is -3.00. The van der Waals surface area contributed by atoms with Crippen LogP contribution in [-0.2, 0) is 11.8 Å². The minimum atomic E-state index is 0. The van der Waals surface area contributed by atoms with E-state index in [1.54, 1.807) is 11.8 Å². The first kappa shape index (κ1) is 25.7. The molecule has 0 aliphatic carbocycles. The Balaban J connectivity index is -0.00000128. The Kier molecular flexibility index (Phi) is 24.1. The summed E-state index contributed by atoms with van der Waals surface area (Å²) >= 11 is 1.67. The normalized spacial score (nSPS) is 10.7. The number of hydrogen-bond donors (Lipinski definition) is 1. The second-order valence-electron chi connectivity index (χ2n) is 5.52. The minimum Gasteiger partial charge on any atom is -1.00 e. The molecule has 0 radical (unpaired) electrons. The van der Waals surface area contributed by atoms with Gasteiger partial charge in [-0.3, -0.25) is 0 Å². The van der Waals surface area contributed by atoms with E-state index in [1.807, 2.05) is 0 Å². The Morgan fingerprint density at radius 1 is 0.842 bits per heavy atom. The fourth-order valence-electron chi connectivity index (χ4n) is 2.56. The van der Waals surface area contributed by atoms with Gasteiger partial charge in [0.15, 0.2) is 0 Å². The highest BCUT2D eigenvalue weighted by atomic mass is 127. The number of thiol groups is 1. The summed E-state index contributed by atoms with van der Waals surface area (Å²) in [5.41, 5.74) is 0.518. The molecule has 2 N–H and O–H groups in total. The summed E-state index contributed by atoms with van der Waals surface area (Å²) in [5, 5.41) is 2.62. The van der Waals surface area contributed by atoms with E-state index in [1.165, 1.54) is 63.0 Å². The van der Waals surface area contributed by atoms with Gasteiger partial charge in [-0.25, -0.2) is 0 Å². The summed E-state index contributed by atoms with van der Waals surface area (Å²) in [6.45, 7) is 10.7. The van der Waals surface area contributed by atoms with Crippen molar-refractivity contribution in [2.75, 3.05) is 18.1 Å². The molecule has 0 saturated carbocycles. The molecular formula is C15H35I2NS. The fourth-order valence-corrected chi connectivity index (χ4v) is 3.55. The van der Waals surface area contributed by atoms with Gasteiger partial charge in [-0.2, -0.15) is 0 Å². The molecule has 0 unspecified atom stereocenters. The molecule has 0 fully saturated rings. The monoisotopic (exact) mass is 515 g/mol. The summed E-state index contributed by atoms with van der Waals surface area (Å²) in [6.07, 6.45) is 9.55. The standard InChI is InChI=1S/C15H33NS.2HI/c1-5-10-15(4,11-6-2)16-12-8-9-14-17-13-7-3;;/h16H,5-14H2,1-4H3;2*1H. The van der Waals surface area contributed by atoms with Crippen LogP contribution in [0.2, 0.25) is 0 Å². The molecule has 120 valence electrons. The summed E-state index contributed by atoms with van der Waals surface area (Å²) in [4.78, 5) is 0. The fraction of sp³-hybridized carbons (Fsp3) is 1.00. The minimum absolute atomic E-state index is 0. The SMILES string of the molecule is CCC[SH+]CCCC[NH2+]C(C)(CCC)CCC.[I-].[I-]. The summed E-state index contributed by atoms with van der Waals surface area (Å²) in [7, 11) is 0. The van der Waals surface area contributed by atoms with Crippen LogP contribution in [0.25, 0.3) is 0 Å². The second kappa shape index (κ2) is 17.8. The van der Waals surface area contributed by atoms with E-state index in [0.717, 1.165) is 0 Å². The Hall–Kier alpha value is 1.77. The average molecular weight is 515 g/mol. The van der Waals surface area contributed by atoms with Crippen LogP contribution in [0.15, 0.2) is 0 Å². The number of quaternary nitrogens is 1. The van der Waals surface area contributed by atoms with Gasteiger partial charge in [-0.1, -0.05) is 33.6 Å². The maximum atomic E-state index is 2.62. The van der Waals surface area contributed by atoms with Gasteiger partial charge in [-0.15, -0.1) is 0 Å². The Bertz CT molecular complexity index is 162. The molecule has 0 aliphatic heterocycles. The van der Waals surface area contributed by atoms with Gasteiger partial charge in [0.1, 0.15) is 11.5 Å². The zero-order chi connectivity index (χ0) is 13.0. The third kappa shape index (κ3) is 16.0. The predicted octanol–water partition coefficient (Wildman–Crippen LogP) is -3.08. The van der Waals surface area contributed by atoms with E-state index in [4.69, 9.17) is 0 Å². The van der Waals surface area contributed by atoms with Gasteiger partial charge in [0.25, 0.3) is 0 Å². The molecule has 0 aromatic heterocycles. The predicted molar refractivity (Wildman–Crippen MR) is 83.0 cm³/mol. The molecule has 0 aliphatic rings. The lowest BCUT2D eigenvalue weighted by atomic mass is 9.91. The first-order chi connectivity index (χ1) is 8.18. The molecule has 0 bridgehead atoms. The largest absolute Gasteiger partial charge is 1.00 e. The van der Waals surface area contributed by atoms with Crippen molar-refractivity contribution in [1.29, 1.82) is 0 Å². The maximum Gasteiger partial charge on any atom is 0.106 e. The Labute approximate surface area is 160 Å². The summed E-state index contributed by atoms with van der Waals surface area (Å²) in [6, 6.07) is 0. The molecule has 0 aromatic carbocycles. The van der Waals surface area contributed by atoms with Gasteiger partial charge in [0.2, 0.25) is 0 Å². The number of hydrogen-bond acceptors (Lipinski definition) is 0. The molecule has 0 spiro atoms. The molecule has 1 nitrogen and oxygen atoms in total. The number of rotatable bonds is 12. The zero-order valence-corrected chi connectivity index (χ0v) is 18.6.